The van der Waals surface area contributed by atoms with E-state index in [-0.39, 0.29) is 0 Å². The van der Waals surface area contributed by atoms with E-state index in [9.17, 15) is 0 Å². The molecule has 1 heterocycles. The first-order chi connectivity index (χ1) is 11.1. The lowest BCUT2D eigenvalue weighted by Crippen LogP contribution is -2.00. The van der Waals surface area contributed by atoms with Crippen molar-refractivity contribution in [2.75, 3.05) is 0 Å². The molecule has 4 nitrogen and oxygen atoms in total. The summed E-state index contributed by atoms with van der Waals surface area (Å²) in [4.78, 5) is 0. The van der Waals surface area contributed by atoms with Gasteiger partial charge in [-0.25, -0.2) is 0 Å². The molecule has 116 valence electrons. The van der Waals surface area contributed by atoms with Gasteiger partial charge in [0.2, 0.25) is 4.77 Å². The van der Waals surface area contributed by atoms with Crippen molar-refractivity contribution in [3.63, 3.8) is 0 Å². The van der Waals surface area contributed by atoms with E-state index >= 15 is 0 Å². The number of nitrogens with one attached hydrogen (secondary N) is 1. The first-order valence-electron chi connectivity index (χ1n) is 6.84. The molecule has 3 rings (SSSR count). The highest BCUT2D eigenvalue weighted by Crippen LogP contribution is 2.24. The second kappa shape index (κ2) is 7.08. The highest BCUT2D eigenvalue weighted by atomic mass is 35.5. The maximum atomic E-state index is 6.16. The fourth-order valence-electron chi connectivity index (χ4n) is 2.08. The Morgan fingerprint density at radius 3 is 2.70 bits per heavy atom. The summed E-state index contributed by atoms with van der Waals surface area (Å²) in [5, 5.41) is 12.3. The van der Waals surface area contributed by atoms with Crippen molar-refractivity contribution in [2.24, 2.45) is 5.10 Å². The van der Waals surface area contributed by atoms with Crippen LogP contribution in [0.5, 0.6) is 0 Å². The third-order valence-electron chi connectivity index (χ3n) is 3.22. The number of aromatic nitrogens is 3. The number of halogens is 2. The number of hydrogen-bond donors (Lipinski definition) is 1. The number of aromatic amines is 1. The summed E-state index contributed by atoms with van der Waals surface area (Å²) in [5.41, 5.74) is 1.84. The smallest absolute Gasteiger partial charge is 0.216 e. The Bertz CT molecular complexity index is 900. The summed E-state index contributed by atoms with van der Waals surface area (Å²) in [6.07, 6.45) is 2.24. The Kier molecular flexibility index (Phi) is 4.91. The van der Waals surface area contributed by atoms with Crippen molar-refractivity contribution in [1.82, 2.24) is 14.9 Å². The highest BCUT2D eigenvalue weighted by Gasteiger charge is 2.07. The molecule has 0 aliphatic carbocycles. The van der Waals surface area contributed by atoms with Crippen molar-refractivity contribution in [3.8, 4) is 0 Å². The van der Waals surface area contributed by atoms with Crippen LogP contribution in [0.15, 0.2) is 53.6 Å². The molecule has 3 aromatic rings. The quantitative estimate of drug-likeness (QED) is 0.539. The largest absolute Gasteiger partial charge is 0.250 e. The SMILES string of the molecule is S=c1[nH]nc(Cc2ccccc2)n1/N=C\c1cccc(Cl)c1Cl. The Morgan fingerprint density at radius 2 is 1.91 bits per heavy atom. The molecule has 0 atom stereocenters. The number of rotatable bonds is 4. The van der Waals surface area contributed by atoms with Gasteiger partial charge >= 0.3 is 0 Å². The molecule has 1 N–H and O–H groups in total. The lowest BCUT2D eigenvalue weighted by molar-refractivity contribution is 0.792. The van der Waals surface area contributed by atoms with Gasteiger partial charge in [-0.2, -0.15) is 14.9 Å². The van der Waals surface area contributed by atoms with E-state index in [0.717, 1.165) is 11.4 Å². The lowest BCUT2D eigenvalue weighted by atomic mass is 10.1. The van der Waals surface area contributed by atoms with Crippen LogP contribution in [0.4, 0.5) is 0 Å². The predicted octanol–water partition coefficient (Wildman–Crippen LogP) is 4.72. The maximum absolute atomic E-state index is 6.16. The Morgan fingerprint density at radius 1 is 1.13 bits per heavy atom. The minimum atomic E-state index is 0.422. The number of hydrogen-bond acceptors (Lipinski definition) is 3. The fourth-order valence-corrected chi connectivity index (χ4v) is 2.63. The fraction of sp³-hybridized carbons (Fsp3) is 0.0625. The molecule has 0 aliphatic heterocycles. The van der Waals surface area contributed by atoms with Crippen LogP contribution in [0.1, 0.15) is 17.0 Å². The van der Waals surface area contributed by atoms with Gasteiger partial charge in [-0.3, -0.25) is 5.10 Å². The van der Waals surface area contributed by atoms with Crippen molar-refractivity contribution in [1.29, 1.82) is 0 Å². The van der Waals surface area contributed by atoms with Crippen LogP contribution in [0, 0.1) is 4.77 Å². The maximum Gasteiger partial charge on any atom is 0.216 e. The predicted molar refractivity (Wildman–Crippen MR) is 96.1 cm³/mol. The van der Waals surface area contributed by atoms with E-state index in [0.29, 0.717) is 26.8 Å². The van der Waals surface area contributed by atoms with Gasteiger partial charge in [0.15, 0.2) is 5.82 Å². The molecule has 1 aromatic heterocycles. The third-order valence-corrected chi connectivity index (χ3v) is 4.31. The average molecular weight is 363 g/mol. The summed E-state index contributed by atoms with van der Waals surface area (Å²) < 4.78 is 2.00. The lowest BCUT2D eigenvalue weighted by Gasteiger charge is -2.02. The molecule has 0 bridgehead atoms. The van der Waals surface area contributed by atoms with Gasteiger partial charge in [-0.1, -0.05) is 65.7 Å². The summed E-state index contributed by atoms with van der Waals surface area (Å²) in [6.45, 7) is 0. The normalized spacial score (nSPS) is 11.2. The van der Waals surface area contributed by atoms with E-state index in [1.165, 1.54) is 0 Å². The average Bonchev–Trinajstić information content (AvgIpc) is 2.90. The topological polar surface area (TPSA) is 46.0 Å². The van der Waals surface area contributed by atoms with E-state index in [1.54, 1.807) is 17.0 Å². The molecule has 0 saturated carbocycles. The Balaban J connectivity index is 1.91. The van der Waals surface area contributed by atoms with Gasteiger partial charge in [0, 0.05) is 12.0 Å². The van der Waals surface area contributed by atoms with Crippen LogP contribution in [0.2, 0.25) is 10.0 Å². The van der Waals surface area contributed by atoms with Crippen LogP contribution in [-0.2, 0) is 6.42 Å². The molecule has 23 heavy (non-hydrogen) atoms. The summed E-state index contributed by atoms with van der Waals surface area (Å²) >= 11 is 17.4. The minimum Gasteiger partial charge on any atom is -0.250 e. The number of H-pyrrole nitrogens is 1. The van der Waals surface area contributed by atoms with E-state index < -0.39 is 0 Å². The summed E-state index contributed by atoms with van der Waals surface area (Å²) in [7, 11) is 0. The molecule has 0 spiro atoms. The Labute approximate surface area is 148 Å². The van der Waals surface area contributed by atoms with Crippen LogP contribution < -0.4 is 0 Å². The molecule has 0 amide bonds. The van der Waals surface area contributed by atoms with Crippen LogP contribution >= 0.6 is 35.4 Å². The van der Waals surface area contributed by atoms with Gasteiger partial charge in [0.05, 0.1) is 16.3 Å². The highest BCUT2D eigenvalue weighted by molar-refractivity contribution is 7.71. The third kappa shape index (κ3) is 3.69. The minimum absolute atomic E-state index is 0.422. The van der Waals surface area contributed by atoms with Crippen molar-refractivity contribution < 1.29 is 0 Å². The van der Waals surface area contributed by atoms with Gasteiger partial charge in [-0.05, 0) is 23.8 Å². The molecule has 0 unspecified atom stereocenters. The van der Waals surface area contributed by atoms with Gasteiger partial charge in [0.1, 0.15) is 0 Å². The van der Waals surface area contributed by atoms with Crippen molar-refractivity contribution in [2.45, 2.75) is 6.42 Å². The molecule has 0 radical (unpaired) electrons. The van der Waals surface area contributed by atoms with E-state index in [1.807, 2.05) is 42.5 Å². The number of benzene rings is 2. The molecule has 0 fully saturated rings. The van der Waals surface area contributed by atoms with Gasteiger partial charge in [-0.15, -0.1) is 0 Å². The monoisotopic (exact) mass is 362 g/mol. The van der Waals surface area contributed by atoms with E-state index in [2.05, 4.69) is 15.3 Å². The molecular formula is C16H12Cl2N4S. The van der Waals surface area contributed by atoms with Crippen molar-refractivity contribution in [3.05, 3.63) is 80.3 Å². The van der Waals surface area contributed by atoms with E-state index in [4.69, 9.17) is 35.4 Å². The molecule has 7 heteroatoms. The first-order valence-corrected chi connectivity index (χ1v) is 8.00. The van der Waals surface area contributed by atoms with Crippen LogP contribution in [-0.4, -0.2) is 21.1 Å². The van der Waals surface area contributed by atoms with Gasteiger partial charge in [0.25, 0.3) is 0 Å². The Hall–Kier alpha value is -1.95. The zero-order valence-corrected chi connectivity index (χ0v) is 14.2. The van der Waals surface area contributed by atoms with Crippen LogP contribution in [0.3, 0.4) is 0 Å². The van der Waals surface area contributed by atoms with Gasteiger partial charge < -0.3 is 0 Å². The molecule has 0 saturated heterocycles. The standard InChI is InChI=1S/C16H12Cl2N4S/c17-13-8-4-7-12(15(13)18)10-19-22-14(20-21-16(22)23)9-11-5-2-1-3-6-11/h1-8,10H,9H2,(H,21,23)/b19-10-. The molecule has 2 aromatic carbocycles. The summed E-state index contributed by atoms with van der Waals surface area (Å²) in [6, 6.07) is 15.4. The first kappa shape index (κ1) is 15.9. The zero-order valence-electron chi connectivity index (χ0n) is 11.9. The molecule has 0 aliphatic rings. The second-order valence-corrected chi connectivity index (χ2v) is 5.98. The summed E-state index contributed by atoms with van der Waals surface area (Å²) in [5.74, 6) is 0.718. The number of nitrogens with zero attached hydrogens (tertiary/aromatic N) is 3. The molecular weight excluding hydrogens is 351 g/mol. The van der Waals surface area contributed by atoms with Crippen molar-refractivity contribution >= 4 is 41.6 Å². The second-order valence-electron chi connectivity index (χ2n) is 4.81. The van der Waals surface area contributed by atoms with Crippen LogP contribution in [0.25, 0.3) is 0 Å². The zero-order chi connectivity index (χ0) is 16.2.